The molecule has 0 amide bonds. The fourth-order valence-electron chi connectivity index (χ4n) is 4.41. The number of ether oxygens (including phenoxy) is 2. The van der Waals surface area contributed by atoms with Crippen LogP contribution in [0.3, 0.4) is 0 Å². The van der Waals surface area contributed by atoms with E-state index in [1.165, 1.54) is 0 Å². The first-order valence-electron chi connectivity index (χ1n) is 12.0. The van der Waals surface area contributed by atoms with E-state index in [-0.39, 0.29) is 0 Å². The Morgan fingerprint density at radius 1 is 1.09 bits per heavy atom. The van der Waals surface area contributed by atoms with Crippen LogP contribution in [0.2, 0.25) is 0 Å². The number of nitrogens with zero attached hydrogens (tertiary/aromatic N) is 4. The van der Waals surface area contributed by atoms with Crippen molar-refractivity contribution in [2.24, 2.45) is 5.73 Å². The highest BCUT2D eigenvalue weighted by Gasteiger charge is 2.26. The maximum Gasteiger partial charge on any atom is 0.206 e. The van der Waals surface area contributed by atoms with Crippen LogP contribution in [0.1, 0.15) is 37.4 Å². The van der Waals surface area contributed by atoms with Crippen molar-refractivity contribution in [3.05, 3.63) is 53.9 Å². The lowest BCUT2D eigenvalue weighted by Crippen LogP contribution is -2.41. The number of rotatable bonds is 11. The molecule has 1 unspecified atom stereocenters. The molecule has 4 rings (SSSR count). The molecule has 1 aliphatic rings. The van der Waals surface area contributed by atoms with Crippen molar-refractivity contribution in [3.8, 4) is 0 Å². The third-order valence-electron chi connectivity index (χ3n) is 6.07. The van der Waals surface area contributed by atoms with Crippen molar-refractivity contribution in [1.29, 1.82) is 0 Å². The predicted molar refractivity (Wildman–Crippen MR) is 131 cm³/mol. The summed E-state index contributed by atoms with van der Waals surface area (Å²) < 4.78 is 14.1. The van der Waals surface area contributed by atoms with Gasteiger partial charge >= 0.3 is 0 Å². The monoisotopic (exact) mass is 452 g/mol. The molecule has 1 atom stereocenters. The highest BCUT2D eigenvalue weighted by Crippen LogP contribution is 2.30. The number of fused-ring (bicyclic) bond motifs is 1. The van der Waals surface area contributed by atoms with Crippen molar-refractivity contribution >= 4 is 17.0 Å². The summed E-state index contributed by atoms with van der Waals surface area (Å²) in [5.41, 5.74) is 9.51. The van der Waals surface area contributed by atoms with Gasteiger partial charge in [-0.3, -0.25) is 9.55 Å². The molecule has 1 aromatic carbocycles. The molecule has 0 spiro atoms. The van der Waals surface area contributed by atoms with Gasteiger partial charge in [0.05, 0.1) is 29.9 Å². The molecule has 3 N–H and O–H groups in total. The van der Waals surface area contributed by atoms with E-state index >= 15 is 0 Å². The van der Waals surface area contributed by atoms with Crippen LogP contribution in [0.4, 0.5) is 5.95 Å². The molecule has 1 fully saturated rings. The average molecular weight is 453 g/mol. The van der Waals surface area contributed by atoms with E-state index < -0.39 is 6.23 Å². The highest BCUT2D eigenvalue weighted by atomic mass is 16.5. The molecule has 0 radical (unpaired) electrons. The first kappa shape index (κ1) is 23.6. The minimum atomic E-state index is -0.405. The number of nitrogens with two attached hydrogens (primary N) is 1. The fraction of sp³-hybridized carbons (Fsp3) is 0.520. The summed E-state index contributed by atoms with van der Waals surface area (Å²) in [6, 6.07) is 14.6. The Morgan fingerprint density at radius 2 is 1.91 bits per heavy atom. The minimum absolute atomic E-state index is 0.351. The molecule has 33 heavy (non-hydrogen) atoms. The number of pyridine rings is 1. The Bertz CT molecular complexity index is 1020. The number of para-hydroxylation sites is 2. The van der Waals surface area contributed by atoms with Crippen LogP contribution in [0.15, 0.2) is 42.5 Å². The predicted octanol–water partition coefficient (Wildman–Crippen LogP) is 3.17. The molecular formula is C25H36N6O2. The molecule has 178 valence electrons. The van der Waals surface area contributed by atoms with Gasteiger partial charge in [-0.05, 0) is 51.0 Å². The normalized spacial score (nSPS) is 16.3. The molecule has 8 heteroatoms. The summed E-state index contributed by atoms with van der Waals surface area (Å²) in [6.45, 7) is 9.42. The van der Waals surface area contributed by atoms with Crippen LogP contribution in [0.5, 0.6) is 0 Å². The van der Waals surface area contributed by atoms with E-state index in [1.54, 1.807) is 0 Å². The summed E-state index contributed by atoms with van der Waals surface area (Å²) in [5, 5.41) is 3.72. The zero-order valence-corrected chi connectivity index (χ0v) is 19.7. The van der Waals surface area contributed by atoms with Gasteiger partial charge in [0.25, 0.3) is 0 Å². The van der Waals surface area contributed by atoms with Crippen molar-refractivity contribution in [2.75, 3.05) is 51.3 Å². The van der Waals surface area contributed by atoms with Crippen molar-refractivity contribution in [1.82, 2.24) is 19.4 Å². The summed E-state index contributed by atoms with van der Waals surface area (Å²) in [5.74, 6) is 0.818. The van der Waals surface area contributed by atoms with Gasteiger partial charge in [-0.25, -0.2) is 4.98 Å². The average Bonchev–Trinajstić information content (AvgIpc) is 3.18. The number of anilines is 1. The fourth-order valence-corrected chi connectivity index (χ4v) is 4.41. The zero-order valence-electron chi connectivity index (χ0n) is 19.7. The Morgan fingerprint density at radius 3 is 2.67 bits per heavy atom. The van der Waals surface area contributed by atoms with Gasteiger partial charge in [-0.1, -0.05) is 18.2 Å². The number of hydrogen-bond acceptors (Lipinski definition) is 7. The molecule has 3 aromatic rings. The van der Waals surface area contributed by atoms with Gasteiger partial charge in [-0.15, -0.1) is 0 Å². The summed E-state index contributed by atoms with van der Waals surface area (Å²) >= 11 is 0. The quantitative estimate of drug-likeness (QED) is 0.432. The topological polar surface area (TPSA) is 90.5 Å². The maximum absolute atomic E-state index is 6.39. The van der Waals surface area contributed by atoms with Crippen LogP contribution in [-0.4, -0.2) is 71.5 Å². The first-order chi connectivity index (χ1) is 16.2. The van der Waals surface area contributed by atoms with Crippen molar-refractivity contribution in [3.63, 3.8) is 0 Å². The number of piperidine rings is 1. The van der Waals surface area contributed by atoms with Gasteiger partial charge in [0.15, 0.2) is 6.23 Å². The van der Waals surface area contributed by atoms with Crippen LogP contribution in [-0.2, 0) is 9.47 Å². The van der Waals surface area contributed by atoms with Gasteiger partial charge in [-0.2, -0.15) is 0 Å². The zero-order chi connectivity index (χ0) is 23.0. The third kappa shape index (κ3) is 5.89. The van der Waals surface area contributed by atoms with Crippen LogP contribution >= 0.6 is 0 Å². The van der Waals surface area contributed by atoms with Gasteiger partial charge in [0.1, 0.15) is 0 Å². The van der Waals surface area contributed by atoms with E-state index in [1.807, 2.05) is 50.2 Å². The van der Waals surface area contributed by atoms with E-state index in [9.17, 15) is 0 Å². The number of likely N-dealkylation sites (tertiary alicyclic amines) is 1. The lowest BCUT2D eigenvalue weighted by molar-refractivity contribution is -0.00646. The number of benzene rings is 1. The van der Waals surface area contributed by atoms with Crippen LogP contribution in [0.25, 0.3) is 11.0 Å². The molecule has 0 bridgehead atoms. The number of aromatic nitrogens is 3. The molecule has 2 aromatic heterocycles. The van der Waals surface area contributed by atoms with Crippen molar-refractivity contribution in [2.45, 2.75) is 39.0 Å². The maximum atomic E-state index is 6.39. The summed E-state index contributed by atoms with van der Waals surface area (Å²) in [4.78, 5) is 12.2. The third-order valence-corrected chi connectivity index (χ3v) is 6.07. The van der Waals surface area contributed by atoms with E-state index in [4.69, 9.17) is 25.2 Å². The summed E-state index contributed by atoms with van der Waals surface area (Å²) in [6.07, 6.45) is 1.71. The molecule has 3 heterocycles. The summed E-state index contributed by atoms with van der Waals surface area (Å²) in [7, 11) is 0. The Kier molecular flexibility index (Phi) is 8.28. The lowest BCUT2D eigenvalue weighted by atomic mass is 10.1. The van der Waals surface area contributed by atoms with E-state index in [0.717, 1.165) is 60.8 Å². The molecule has 8 nitrogen and oxygen atoms in total. The molecule has 1 aliphatic heterocycles. The Labute approximate surface area is 196 Å². The minimum Gasteiger partial charge on any atom is -0.379 e. The second-order valence-electron chi connectivity index (χ2n) is 8.47. The van der Waals surface area contributed by atoms with Crippen LogP contribution in [0, 0.1) is 6.92 Å². The second kappa shape index (κ2) is 11.6. The molecule has 0 saturated carbocycles. The van der Waals surface area contributed by atoms with Gasteiger partial charge in [0.2, 0.25) is 5.95 Å². The van der Waals surface area contributed by atoms with Crippen LogP contribution < -0.4 is 11.1 Å². The lowest BCUT2D eigenvalue weighted by Gasteiger charge is -2.32. The molecule has 0 aliphatic carbocycles. The van der Waals surface area contributed by atoms with E-state index in [2.05, 4.69) is 20.9 Å². The Hall–Kier alpha value is -2.52. The SMILES string of the molecule is CCOCCOC(c1cccc(C)n1)n1c(NC2CCN(CCN)CC2)nc2ccccc21. The molecular weight excluding hydrogens is 416 g/mol. The van der Waals surface area contributed by atoms with Gasteiger partial charge in [0, 0.05) is 44.5 Å². The van der Waals surface area contributed by atoms with Gasteiger partial charge < -0.3 is 25.4 Å². The number of aryl methyl sites for hydroxylation is 1. The first-order valence-corrected chi connectivity index (χ1v) is 12.0. The number of hydrogen-bond donors (Lipinski definition) is 2. The smallest absolute Gasteiger partial charge is 0.206 e. The van der Waals surface area contributed by atoms with Crippen molar-refractivity contribution < 1.29 is 9.47 Å². The highest BCUT2D eigenvalue weighted by molar-refractivity contribution is 5.79. The second-order valence-corrected chi connectivity index (χ2v) is 8.47. The standard InChI is InChI=1S/C25H36N6O2/c1-3-32-17-18-33-24(22-9-6-7-19(2)27-22)31-23-10-5-4-8-21(23)29-25(31)28-20-11-14-30(15-12-20)16-13-26/h4-10,20,24H,3,11-18,26H2,1-2H3,(H,28,29). The molecule has 1 saturated heterocycles. The Balaban J connectivity index is 1.65. The number of nitrogens with one attached hydrogen (secondary N) is 1. The number of imidazole rings is 1. The largest absolute Gasteiger partial charge is 0.379 e. The van der Waals surface area contributed by atoms with E-state index in [0.29, 0.717) is 32.4 Å².